The summed E-state index contributed by atoms with van der Waals surface area (Å²) < 4.78 is 0. The van der Waals surface area contributed by atoms with Gasteiger partial charge in [0.05, 0.1) is 5.69 Å². The predicted molar refractivity (Wildman–Crippen MR) is 82.6 cm³/mol. The number of hydrogen-bond donors (Lipinski definition) is 1. The van der Waals surface area contributed by atoms with Gasteiger partial charge in [-0.05, 0) is 24.3 Å². The van der Waals surface area contributed by atoms with E-state index in [-0.39, 0.29) is 5.56 Å². The Hall–Kier alpha value is -2.95. The van der Waals surface area contributed by atoms with E-state index in [0.717, 1.165) is 11.3 Å². The third kappa shape index (κ3) is 2.81. The third-order valence-electron chi connectivity index (χ3n) is 3.16. The summed E-state index contributed by atoms with van der Waals surface area (Å²) in [7, 11) is 1.91. The van der Waals surface area contributed by atoms with Gasteiger partial charge in [-0.3, -0.25) is 4.79 Å². The summed E-state index contributed by atoms with van der Waals surface area (Å²) in [6.45, 7) is 0. The zero-order chi connectivity index (χ0) is 14.7. The van der Waals surface area contributed by atoms with Crippen molar-refractivity contribution in [3.05, 3.63) is 71.3 Å². The van der Waals surface area contributed by atoms with Crippen molar-refractivity contribution in [2.45, 2.75) is 0 Å². The van der Waals surface area contributed by atoms with Crippen molar-refractivity contribution in [1.82, 2.24) is 15.0 Å². The number of hydrogen-bond acceptors (Lipinski definition) is 4. The summed E-state index contributed by atoms with van der Waals surface area (Å²) in [6.07, 6.45) is 3.30. The fraction of sp³-hybridized carbons (Fsp3) is 0.0625. The highest BCUT2D eigenvalue weighted by atomic mass is 16.1. The van der Waals surface area contributed by atoms with Gasteiger partial charge in [0.1, 0.15) is 0 Å². The maximum atomic E-state index is 11.4. The monoisotopic (exact) mass is 278 g/mol. The lowest BCUT2D eigenvalue weighted by Gasteiger charge is -2.17. The highest BCUT2D eigenvalue weighted by Gasteiger charge is 2.08. The number of nitrogens with zero attached hydrogens (tertiary/aromatic N) is 3. The molecular weight excluding hydrogens is 264 g/mol. The average Bonchev–Trinajstić information content (AvgIpc) is 2.55. The van der Waals surface area contributed by atoms with Crippen LogP contribution < -0.4 is 10.5 Å². The zero-order valence-electron chi connectivity index (χ0n) is 11.5. The van der Waals surface area contributed by atoms with Gasteiger partial charge < -0.3 is 9.88 Å². The summed E-state index contributed by atoms with van der Waals surface area (Å²) in [4.78, 5) is 24.7. The summed E-state index contributed by atoms with van der Waals surface area (Å²) >= 11 is 0. The lowest BCUT2D eigenvalue weighted by molar-refractivity contribution is 1.04. The highest BCUT2D eigenvalue weighted by Crippen LogP contribution is 2.22. The van der Waals surface area contributed by atoms with Crippen molar-refractivity contribution < 1.29 is 0 Å². The molecule has 0 saturated heterocycles. The standard InChI is InChI=1S/C16H14N4O/c1-20(13-5-3-2-4-6-13)16-18-10-8-14(19-16)12-7-9-17-15(21)11-12/h2-11H,1H3,(H,17,21). The van der Waals surface area contributed by atoms with E-state index >= 15 is 0 Å². The quantitative estimate of drug-likeness (QED) is 0.800. The molecule has 104 valence electrons. The number of aromatic nitrogens is 3. The Labute approximate surface area is 121 Å². The fourth-order valence-corrected chi connectivity index (χ4v) is 2.04. The van der Waals surface area contributed by atoms with Crippen LogP contribution in [0.1, 0.15) is 0 Å². The van der Waals surface area contributed by atoms with E-state index in [4.69, 9.17) is 0 Å². The first-order chi connectivity index (χ1) is 10.2. The zero-order valence-corrected chi connectivity index (χ0v) is 11.5. The fourth-order valence-electron chi connectivity index (χ4n) is 2.04. The summed E-state index contributed by atoms with van der Waals surface area (Å²) in [5.41, 5.74) is 2.34. The summed E-state index contributed by atoms with van der Waals surface area (Å²) in [5.74, 6) is 0.582. The lowest BCUT2D eigenvalue weighted by atomic mass is 10.2. The molecule has 5 nitrogen and oxygen atoms in total. The molecule has 5 heteroatoms. The molecule has 0 aliphatic carbocycles. The maximum absolute atomic E-state index is 11.4. The molecule has 0 unspecified atom stereocenters. The van der Waals surface area contributed by atoms with Gasteiger partial charge in [-0.2, -0.15) is 0 Å². The third-order valence-corrected chi connectivity index (χ3v) is 3.16. The number of aromatic amines is 1. The van der Waals surface area contributed by atoms with Crippen molar-refractivity contribution in [2.75, 3.05) is 11.9 Å². The molecule has 2 heterocycles. The van der Waals surface area contributed by atoms with E-state index in [1.807, 2.05) is 48.3 Å². The van der Waals surface area contributed by atoms with Crippen LogP contribution in [0.5, 0.6) is 0 Å². The molecule has 0 aliphatic rings. The number of nitrogens with one attached hydrogen (secondary N) is 1. The van der Waals surface area contributed by atoms with Gasteiger partial charge in [-0.15, -0.1) is 0 Å². The van der Waals surface area contributed by atoms with Crippen molar-refractivity contribution in [2.24, 2.45) is 0 Å². The first-order valence-electron chi connectivity index (χ1n) is 6.55. The van der Waals surface area contributed by atoms with Gasteiger partial charge in [0.15, 0.2) is 0 Å². The molecule has 2 aromatic heterocycles. The Bertz CT molecular complexity index is 798. The minimum Gasteiger partial charge on any atom is -0.329 e. The topological polar surface area (TPSA) is 61.9 Å². The molecule has 1 N–H and O–H groups in total. The van der Waals surface area contributed by atoms with Crippen LogP contribution in [0.2, 0.25) is 0 Å². The molecule has 0 saturated carbocycles. The molecule has 3 aromatic rings. The summed E-state index contributed by atoms with van der Waals surface area (Å²) in [6, 6.07) is 15.0. The molecule has 0 bridgehead atoms. The molecule has 21 heavy (non-hydrogen) atoms. The van der Waals surface area contributed by atoms with Crippen molar-refractivity contribution in [3.8, 4) is 11.3 Å². The Morgan fingerprint density at radius 3 is 2.67 bits per heavy atom. The van der Waals surface area contributed by atoms with Crippen LogP contribution in [0.15, 0.2) is 65.7 Å². The smallest absolute Gasteiger partial charge is 0.248 e. The van der Waals surface area contributed by atoms with Gasteiger partial charge in [-0.25, -0.2) is 9.97 Å². The van der Waals surface area contributed by atoms with Gasteiger partial charge in [-0.1, -0.05) is 18.2 Å². The Kier molecular flexibility index (Phi) is 3.47. The first kappa shape index (κ1) is 13.1. The first-order valence-corrected chi connectivity index (χ1v) is 6.55. The van der Waals surface area contributed by atoms with Crippen molar-refractivity contribution in [3.63, 3.8) is 0 Å². The second-order valence-electron chi connectivity index (χ2n) is 4.58. The maximum Gasteiger partial charge on any atom is 0.248 e. The van der Waals surface area contributed by atoms with Crippen LogP contribution in [0.25, 0.3) is 11.3 Å². The van der Waals surface area contributed by atoms with Crippen LogP contribution in [-0.2, 0) is 0 Å². The van der Waals surface area contributed by atoms with Crippen molar-refractivity contribution in [1.29, 1.82) is 0 Å². The minimum absolute atomic E-state index is 0.149. The van der Waals surface area contributed by atoms with E-state index in [1.54, 1.807) is 18.5 Å². The van der Waals surface area contributed by atoms with E-state index < -0.39 is 0 Å². The predicted octanol–water partition coefficient (Wildman–Crippen LogP) is 2.60. The Morgan fingerprint density at radius 2 is 1.90 bits per heavy atom. The molecule has 0 radical (unpaired) electrons. The van der Waals surface area contributed by atoms with Crippen LogP contribution in [0.4, 0.5) is 11.6 Å². The van der Waals surface area contributed by atoms with E-state index in [9.17, 15) is 4.79 Å². The molecule has 0 spiro atoms. The highest BCUT2D eigenvalue weighted by molar-refractivity contribution is 5.62. The largest absolute Gasteiger partial charge is 0.329 e. The van der Waals surface area contributed by atoms with Crippen molar-refractivity contribution >= 4 is 11.6 Å². The molecule has 3 rings (SSSR count). The molecule has 1 aromatic carbocycles. The van der Waals surface area contributed by atoms with Crippen LogP contribution in [0.3, 0.4) is 0 Å². The molecule has 0 atom stereocenters. The van der Waals surface area contributed by atoms with Gasteiger partial charge in [0.25, 0.3) is 0 Å². The SMILES string of the molecule is CN(c1ccccc1)c1nccc(-c2cc[nH]c(=O)c2)n1. The molecule has 0 fully saturated rings. The average molecular weight is 278 g/mol. The van der Waals surface area contributed by atoms with E-state index in [2.05, 4.69) is 15.0 Å². The Balaban J connectivity index is 1.99. The molecule has 0 amide bonds. The normalized spacial score (nSPS) is 10.3. The lowest BCUT2D eigenvalue weighted by Crippen LogP contribution is -2.13. The second-order valence-corrected chi connectivity index (χ2v) is 4.58. The molecule has 0 aliphatic heterocycles. The number of rotatable bonds is 3. The molecular formula is C16H14N4O. The number of benzene rings is 1. The number of pyridine rings is 1. The van der Waals surface area contributed by atoms with Gasteiger partial charge >= 0.3 is 0 Å². The van der Waals surface area contributed by atoms with Gasteiger partial charge in [0.2, 0.25) is 11.5 Å². The second kappa shape index (κ2) is 5.58. The van der Waals surface area contributed by atoms with E-state index in [1.165, 1.54) is 6.07 Å². The van der Waals surface area contributed by atoms with Crippen LogP contribution >= 0.6 is 0 Å². The number of anilines is 2. The van der Waals surface area contributed by atoms with Gasteiger partial charge in [0, 0.05) is 36.8 Å². The van der Waals surface area contributed by atoms with E-state index in [0.29, 0.717) is 11.6 Å². The summed E-state index contributed by atoms with van der Waals surface area (Å²) in [5, 5.41) is 0. The minimum atomic E-state index is -0.149. The van der Waals surface area contributed by atoms with Crippen LogP contribution in [0, 0.1) is 0 Å². The van der Waals surface area contributed by atoms with Crippen LogP contribution in [-0.4, -0.2) is 22.0 Å². The number of para-hydroxylation sites is 1. The Morgan fingerprint density at radius 1 is 1.10 bits per heavy atom. The number of H-pyrrole nitrogens is 1.